The molecular weight excluding hydrogens is 330 g/mol. The van der Waals surface area contributed by atoms with Gasteiger partial charge in [0.25, 0.3) is 0 Å². The molecule has 0 bridgehead atoms. The smallest absolute Gasteiger partial charge is 0.172 e. The quantitative estimate of drug-likeness (QED) is 0.714. The second-order valence-corrected chi connectivity index (χ2v) is 6.32. The lowest BCUT2D eigenvalue weighted by molar-refractivity contribution is -0.119. The number of carbonyl (C=O) groups excluding carboxylic acids is 1. The zero-order valence-electron chi connectivity index (χ0n) is 14.0. The Morgan fingerprint density at radius 2 is 1.81 bits per heavy atom. The molecule has 1 aromatic heterocycles. The fourth-order valence-corrected chi connectivity index (χ4v) is 3.78. The number of allylic oxidation sites excluding steroid dienone is 1. The lowest BCUT2D eigenvalue weighted by Gasteiger charge is -2.32. The maximum atomic E-state index is 12.9. The van der Waals surface area contributed by atoms with Gasteiger partial charge in [-0.1, -0.05) is 47.6 Å². The van der Waals surface area contributed by atoms with Crippen LogP contribution in [0.15, 0.2) is 65.2 Å². The number of ether oxygens (including phenoxy) is 2. The highest BCUT2D eigenvalue weighted by Crippen LogP contribution is 2.52. The second kappa shape index (κ2) is 5.68. The van der Waals surface area contributed by atoms with Crippen LogP contribution in [-0.2, 0) is 9.53 Å². The van der Waals surface area contributed by atoms with E-state index in [0.717, 1.165) is 16.7 Å². The molecule has 0 saturated carbocycles. The Hall–Kier alpha value is -3.18. The van der Waals surface area contributed by atoms with Crippen molar-refractivity contribution in [3.05, 3.63) is 77.5 Å². The number of benzene rings is 2. The highest BCUT2D eigenvalue weighted by molar-refractivity contribution is 6.06. The van der Waals surface area contributed by atoms with Gasteiger partial charge in [-0.15, -0.1) is 0 Å². The van der Waals surface area contributed by atoms with Crippen molar-refractivity contribution < 1.29 is 18.8 Å². The molecular formula is C21H15NO4. The van der Waals surface area contributed by atoms with E-state index in [1.807, 2.05) is 54.6 Å². The van der Waals surface area contributed by atoms with E-state index >= 15 is 0 Å². The molecule has 5 nitrogen and oxygen atoms in total. The molecule has 0 N–H and O–H groups in total. The summed E-state index contributed by atoms with van der Waals surface area (Å²) in [5, 5.41) is 4.22. The standard InChI is InChI=1S/C21H15NO4/c1-24-20-13-9-5-6-10-14(13)21-18-17(20)15(23)11-16(19(18)22-26-21)25-12-7-3-2-4-8-12/h2-11,17,20H,1H3/t17-,20-/m0/s1. The van der Waals surface area contributed by atoms with Crippen LogP contribution in [0, 0.1) is 0 Å². The summed E-state index contributed by atoms with van der Waals surface area (Å²) < 4.78 is 17.3. The van der Waals surface area contributed by atoms with Gasteiger partial charge in [0.2, 0.25) is 0 Å². The Balaban J connectivity index is 1.68. The first-order valence-electron chi connectivity index (χ1n) is 8.38. The summed E-state index contributed by atoms with van der Waals surface area (Å²) in [7, 11) is 1.62. The Labute approximate surface area is 149 Å². The van der Waals surface area contributed by atoms with Crippen LogP contribution < -0.4 is 4.74 Å². The lowest BCUT2D eigenvalue weighted by Crippen LogP contribution is -2.28. The Morgan fingerprint density at radius 1 is 1.04 bits per heavy atom. The van der Waals surface area contributed by atoms with Gasteiger partial charge in [0, 0.05) is 24.3 Å². The molecule has 5 rings (SSSR count). The largest absolute Gasteiger partial charge is 0.455 e. The van der Waals surface area contributed by atoms with Gasteiger partial charge in [-0.05, 0) is 17.7 Å². The van der Waals surface area contributed by atoms with Crippen molar-refractivity contribution in [3.8, 4) is 17.1 Å². The number of hydrogen-bond donors (Lipinski definition) is 0. The van der Waals surface area contributed by atoms with E-state index < -0.39 is 5.92 Å². The average Bonchev–Trinajstić information content (AvgIpc) is 3.12. The molecule has 0 radical (unpaired) electrons. The minimum absolute atomic E-state index is 0.0748. The third kappa shape index (κ3) is 2.07. The SMILES string of the molecule is CO[C@H]1c2ccccc2-c2onc3c2[C@@H]1C(=O)C=C3Oc1ccccc1. The third-order valence-corrected chi connectivity index (χ3v) is 4.89. The average molecular weight is 345 g/mol. The van der Waals surface area contributed by atoms with Gasteiger partial charge in [-0.3, -0.25) is 4.79 Å². The van der Waals surface area contributed by atoms with E-state index in [1.54, 1.807) is 7.11 Å². The van der Waals surface area contributed by atoms with E-state index in [9.17, 15) is 4.79 Å². The third-order valence-electron chi connectivity index (χ3n) is 4.89. The molecule has 0 fully saturated rings. The molecule has 0 saturated heterocycles. The van der Waals surface area contributed by atoms with Crippen molar-refractivity contribution in [2.24, 2.45) is 0 Å². The number of hydrogen-bond acceptors (Lipinski definition) is 5. The number of aromatic nitrogens is 1. The van der Waals surface area contributed by atoms with Gasteiger partial charge in [0.1, 0.15) is 5.75 Å². The van der Waals surface area contributed by atoms with Crippen molar-refractivity contribution in [1.29, 1.82) is 0 Å². The Bertz CT molecular complexity index is 1040. The van der Waals surface area contributed by atoms with Crippen molar-refractivity contribution in [2.75, 3.05) is 7.11 Å². The molecule has 5 heteroatoms. The monoisotopic (exact) mass is 345 g/mol. The Morgan fingerprint density at radius 3 is 2.62 bits per heavy atom. The molecule has 2 aliphatic rings. The number of ketones is 1. The van der Waals surface area contributed by atoms with Crippen molar-refractivity contribution >= 4 is 11.5 Å². The molecule has 0 unspecified atom stereocenters. The van der Waals surface area contributed by atoms with E-state index in [-0.39, 0.29) is 11.9 Å². The number of carbonyl (C=O) groups is 1. The van der Waals surface area contributed by atoms with Crippen LogP contribution in [0.1, 0.15) is 28.8 Å². The molecule has 2 aliphatic carbocycles. The molecule has 2 atom stereocenters. The molecule has 0 spiro atoms. The molecule has 0 aliphatic heterocycles. The fraction of sp³-hybridized carbons (Fsp3) is 0.143. The van der Waals surface area contributed by atoms with Crippen LogP contribution in [0.3, 0.4) is 0 Å². The van der Waals surface area contributed by atoms with Gasteiger partial charge < -0.3 is 14.0 Å². The maximum absolute atomic E-state index is 12.9. The lowest BCUT2D eigenvalue weighted by atomic mass is 9.74. The maximum Gasteiger partial charge on any atom is 0.172 e. The Kier molecular flexibility index (Phi) is 3.30. The van der Waals surface area contributed by atoms with Crippen LogP contribution in [-0.4, -0.2) is 18.0 Å². The predicted molar refractivity (Wildman–Crippen MR) is 94.5 cm³/mol. The van der Waals surface area contributed by atoms with Crippen molar-refractivity contribution in [2.45, 2.75) is 12.0 Å². The van der Waals surface area contributed by atoms with E-state index in [2.05, 4.69) is 5.16 Å². The molecule has 26 heavy (non-hydrogen) atoms. The van der Waals surface area contributed by atoms with Crippen LogP contribution in [0.4, 0.5) is 0 Å². The molecule has 3 aromatic rings. The first-order chi connectivity index (χ1) is 12.8. The van der Waals surface area contributed by atoms with Gasteiger partial charge >= 0.3 is 0 Å². The highest BCUT2D eigenvalue weighted by Gasteiger charge is 2.45. The zero-order chi connectivity index (χ0) is 17.7. The van der Waals surface area contributed by atoms with Gasteiger partial charge in [0.05, 0.1) is 12.0 Å². The fourth-order valence-electron chi connectivity index (χ4n) is 3.78. The summed E-state index contributed by atoms with van der Waals surface area (Å²) in [5.74, 6) is 1.10. The first-order valence-corrected chi connectivity index (χ1v) is 8.38. The van der Waals surface area contributed by atoms with E-state index in [1.165, 1.54) is 6.08 Å². The van der Waals surface area contributed by atoms with Crippen molar-refractivity contribution in [3.63, 3.8) is 0 Å². The topological polar surface area (TPSA) is 61.6 Å². The minimum Gasteiger partial charge on any atom is -0.455 e. The van der Waals surface area contributed by atoms with Gasteiger partial charge in [-0.2, -0.15) is 0 Å². The summed E-state index contributed by atoms with van der Waals surface area (Å²) in [4.78, 5) is 12.9. The van der Waals surface area contributed by atoms with Crippen LogP contribution in [0.25, 0.3) is 17.1 Å². The first kappa shape index (κ1) is 15.1. The summed E-state index contributed by atoms with van der Waals surface area (Å²) in [6, 6.07) is 17.1. The van der Waals surface area contributed by atoms with Crippen molar-refractivity contribution in [1.82, 2.24) is 5.16 Å². The summed E-state index contributed by atoms with van der Waals surface area (Å²) in [5.41, 5.74) is 3.14. The highest BCUT2D eigenvalue weighted by atomic mass is 16.5. The second-order valence-electron chi connectivity index (χ2n) is 6.32. The minimum atomic E-state index is -0.478. The van der Waals surface area contributed by atoms with Gasteiger partial charge in [-0.25, -0.2) is 0 Å². The molecule has 128 valence electrons. The summed E-state index contributed by atoms with van der Waals surface area (Å²) >= 11 is 0. The normalized spacial score (nSPS) is 20.2. The molecule has 1 heterocycles. The molecule has 0 amide bonds. The van der Waals surface area contributed by atoms with Crippen LogP contribution >= 0.6 is 0 Å². The summed E-state index contributed by atoms with van der Waals surface area (Å²) in [6.45, 7) is 0. The number of para-hydroxylation sites is 1. The predicted octanol–water partition coefficient (Wildman–Crippen LogP) is 4.13. The van der Waals surface area contributed by atoms with Crippen LogP contribution in [0.5, 0.6) is 5.75 Å². The van der Waals surface area contributed by atoms with E-state index in [0.29, 0.717) is 23.0 Å². The summed E-state index contributed by atoms with van der Waals surface area (Å²) in [6.07, 6.45) is 1.12. The van der Waals surface area contributed by atoms with Gasteiger partial charge in [0.15, 0.2) is 23.0 Å². The van der Waals surface area contributed by atoms with Crippen LogP contribution in [0.2, 0.25) is 0 Å². The number of fused-ring (bicyclic) bond motifs is 2. The van der Waals surface area contributed by atoms with E-state index in [4.69, 9.17) is 14.0 Å². The number of nitrogens with zero attached hydrogens (tertiary/aromatic N) is 1. The molecule has 2 aromatic carbocycles. The zero-order valence-corrected chi connectivity index (χ0v) is 14.0. The number of methoxy groups -OCH3 is 1. The number of rotatable bonds is 3.